The molecule has 0 spiro atoms. The fraction of sp³-hybridized carbons (Fsp3) is 1.00. The van der Waals surface area contributed by atoms with Crippen LogP contribution in [-0.2, 0) is 4.37 Å². The molecular formula is C6H20B2FNaO3. The largest absolute Gasteiger partial charge is 1.00 e. The van der Waals surface area contributed by atoms with Crippen LogP contribution in [0.1, 0.15) is 20.8 Å². The number of hydrogen-bond acceptors (Lipinski definition) is 2. The summed E-state index contributed by atoms with van der Waals surface area (Å²) in [5.41, 5.74) is 0. The van der Waals surface area contributed by atoms with Crippen LogP contribution in [0.5, 0.6) is 0 Å². The van der Waals surface area contributed by atoms with E-state index in [1.807, 2.05) is 0 Å². The minimum Gasteiger partial charge on any atom is -0.828 e. The summed E-state index contributed by atoms with van der Waals surface area (Å²) in [6, 6.07) is 0. The van der Waals surface area contributed by atoms with Gasteiger partial charge in [-0.2, -0.15) is 0 Å². The maximum absolute atomic E-state index is 10.0. The summed E-state index contributed by atoms with van der Waals surface area (Å²) in [6.07, 6.45) is 0. The quantitative estimate of drug-likeness (QED) is 0.371. The van der Waals surface area contributed by atoms with E-state index in [9.17, 15) is 4.32 Å². The molecule has 0 saturated heterocycles. The zero-order chi connectivity index (χ0) is 9.28. The number of hydrogen-bond donors (Lipinski definition) is 1. The van der Waals surface area contributed by atoms with Crippen molar-refractivity contribution >= 4 is 15.8 Å². The summed E-state index contributed by atoms with van der Waals surface area (Å²) in [4.78, 5) is 0. The van der Waals surface area contributed by atoms with Gasteiger partial charge in [0.15, 0.2) is 0 Å². The van der Waals surface area contributed by atoms with Gasteiger partial charge < -0.3 is 18.7 Å². The van der Waals surface area contributed by atoms with Crippen LogP contribution >= 0.6 is 0 Å². The van der Waals surface area contributed by atoms with Gasteiger partial charge in [0.05, 0.1) is 0 Å². The molecule has 76 valence electrons. The third kappa shape index (κ3) is 32.2. The Morgan fingerprint density at radius 3 is 1.38 bits per heavy atom. The molecule has 0 bridgehead atoms. The average Bonchev–Trinajstić information content (AvgIpc) is 1.90. The molecule has 0 heterocycles. The second kappa shape index (κ2) is 18.7. The smallest absolute Gasteiger partial charge is 0.828 e. The van der Waals surface area contributed by atoms with Crippen molar-refractivity contribution < 1.29 is 48.3 Å². The summed E-state index contributed by atoms with van der Waals surface area (Å²) in [5.74, 6) is 0. The summed E-state index contributed by atoms with van der Waals surface area (Å²) in [7, 11) is -2.92. The van der Waals surface area contributed by atoms with E-state index in [1.54, 1.807) is 0 Å². The standard InChI is InChI=1S/C6H15O.BFHO2.BH4.Na/c1-4-7(5-2)6-3;2-1(3)4;;/h4-6H2,1-3H3;3H;1H4;/q+1;2*-1;+1. The fourth-order valence-electron chi connectivity index (χ4n) is 0.612. The van der Waals surface area contributed by atoms with Crippen molar-refractivity contribution in [1.82, 2.24) is 0 Å². The van der Waals surface area contributed by atoms with Gasteiger partial charge in [-0.25, -0.2) is 0 Å². The first-order valence-corrected chi connectivity index (χ1v) is 3.70. The fourth-order valence-corrected chi connectivity index (χ4v) is 0.612. The second-order valence-corrected chi connectivity index (χ2v) is 1.77. The Morgan fingerprint density at radius 2 is 1.38 bits per heavy atom. The molecule has 0 aliphatic carbocycles. The first kappa shape index (κ1) is 23.6. The molecule has 7 heteroatoms. The third-order valence-electron chi connectivity index (χ3n) is 1.22. The maximum Gasteiger partial charge on any atom is 1.00 e. The van der Waals surface area contributed by atoms with Crippen LogP contribution in [0, 0.1) is 0 Å². The Kier molecular flexibility index (Phi) is 33.9. The molecule has 3 nitrogen and oxygen atoms in total. The van der Waals surface area contributed by atoms with Gasteiger partial charge in [0.2, 0.25) is 0 Å². The first-order chi connectivity index (χ1) is 5.08. The summed E-state index contributed by atoms with van der Waals surface area (Å²) >= 11 is 0. The maximum atomic E-state index is 10.0. The summed E-state index contributed by atoms with van der Waals surface area (Å²) < 4.78 is 13.1. The van der Waals surface area contributed by atoms with Crippen molar-refractivity contribution in [3.63, 3.8) is 0 Å². The van der Waals surface area contributed by atoms with E-state index >= 15 is 0 Å². The zero-order valence-electron chi connectivity index (χ0n) is 8.34. The zero-order valence-corrected chi connectivity index (χ0v) is 10.3. The predicted molar refractivity (Wildman–Crippen MR) is 53.1 cm³/mol. The second-order valence-electron chi connectivity index (χ2n) is 1.77. The van der Waals surface area contributed by atoms with E-state index in [0.29, 0.717) is 0 Å². The molecular weight excluding hydrogens is 184 g/mol. The monoisotopic (exact) mass is 204 g/mol. The first-order valence-electron chi connectivity index (χ1n) is 3.70. The minimum atomic E-state index is -2.92. The Labute approximate surface area is 104 Å². The van der Waals surface area contributed by atoms with Gasteiger partial charge in [-0.15, -0.1) is 0 Å². The van der Waals surface area contributed by atoms with Gasteiger partial charge in [0.1, 0.15) is 19.8 Å². The molecule has 0 saturated carbocycles. The Bertz CT molecular complexity index is 68.6. The van der Waals surface area contributed by atoms with E-state index in [2.05, 4.69) is 25.1 Å². The van der Waals surface area contributed by atoms with Gasteiger partial charge in [0, 0.05) is 20.8 Å². The normalized spacial score (nSPS) is 7.62. The van der Waals surface area contributed by atoms with Crippen molar-refractivity contribution in [2.24, 2.45) is 0 Å². The molecule has 13 heavy (non-hydrogen) atoms. The van der Waals surface area contributed by atoms with E-state index in [0.717, 1.165) is 19.8 Å². The van der Waals surface area contributed by atoms with Crippen LogP contribution in [0.3, 0.4) is 0 Å². The summed E-state index contributed by atoms with van der Waals surface area (Å²) in [5, 5.41) is 15.2. The van der Waals surface area contributed by atoms with E-state index in [1.165, 1.54) is 0 Å². The SMILES string of the molecule is CC[O+](CC)CC.[BH4-].[Na+].[O-]B(O)F. The van der Waals surface area contributed by atoms with Crippen molar-refractivity contribution in [2.75, 3.05) is 19.8 Å². The van der Waals surface area contributed by atoms with Gasteiger partial charge >= 0.3 is 37.0 Å². The Hall–Kier alpha value is 0.940. The number of halogens is 1. The molecule has 0 radical (unpaired) electrons. The summed E-state index contributed by atoms with van der Waals surface area (Å²) in [6.45, 7) is 9.76. The van der Waals surface area contributed by atoms with Crippen LogP contribution < -0.4 is 34.6 Å². The molecule has 0 unspecified atom stereocenters. The van der Waals surface area contributed by atoms with Crippen LogP contribution in [-0.4, -0.2) is 40.7 Å². The van der Waals surface area contributed by atoms with Crippen LogP contribution in [0.2, 0.25) is 0 Å². The molecule has 0 aromatic heterocycles. The molecule has 1 N–H and O–H groups in total. The molecule has 0 amide bonds. The number of rotatable bonds is 3. The van der Waals surface area contributed by atoms with Crippen molar-refractivity contribution in [3.05, 3.63) is 0 Å². The molecule has 0 aromatic rings. The molecule has 0 aliphatic heterocycles. The van der Waals surface area contributed by atoms with Crippen molar-refractivity contribution in [1.29, 1.82) is 0 Å². The van der Waals surface area contributed by atoms with E-state index in [4.69, 9.17) is 10.0 Å². The average molecular weight is 204 g/mol. The van der Waals surface area contributed by atoms with Gasteiger partial charge in [-0.05, 0) is 0 Å². The molecule has 0 atom stereocenters. The Balaban J connectivity index is -0.0000000600. The van der Waals surface area contributed by atoms with Gasteiger partial charge in [0.25, 0.3) is 0 Å². The molecule has 0 rings (SSSR count). The topological polar surface area (TPSA) is 46.0 Å². The van der Waals surface area contributed by atoms with Crippen LogP contribution in [0.4, 0.5) is 4.32 Å². The molecule has 0 aliphatic rings. The Morgan fingerprint density at radius 1 is 1.23 bits per heavy atom. The van der Waals surface area contributed by atoms with Crippen LogP contribution in [0.15, 0.2) is 0 Å². The van der Waals surface area contributed by atoms with Crippen molar-refractivity contribution in [2.45, 2.75) is 20.8 Å². The molecule has 0 fully saturated rings. The van der Waals surface area contributed by atoms with Gasteiger partial charge in [-0.3, -0.25) is 0 Å². The van der Waals surface area contributed by atoms with Crippen molar-refractivity contribution in [3.8, 4) is 0 Å². The van der Waals surface area contributed by atoms with Crippen LogP contribution in [0.25, 0.3) is 0 Å². The van der Waals surface area contributed by atoms with E-state index < -0.39 is 7.40 Å². The van der Waals surface area contributed by atoms with E-state index in [-0.39, 0.29) is 38.0 Å². The third-order valence-corrected chi connectivity index (χ3v) is 1.22. The van der Waals surface area contributed by atoms with Gasteiger partial charge in [-0.1, -0.05) is 8.41 Å². The molecule has 0 aromatic carbocycles. The minimum absolute atomic E-state index is 0. The predicted octanol–water partition coefficient (Wildman–Crippen LogP) is -4.56.